The molecule has 1 aromatic carbocycles. The number of ether oxygens (including phenoxy) is 1. The largest absolute Gasteiger partial charge is 0.378 e. The third-order valence-electron chi connectivity index (χ3n) is 4.33. The number of aromatic nitrogens is 1. The van der Waals surface area contributed by atoms with Crippen LogP contribution in [0.5, 0.6) is 0 Å². The lowest BCUT2D eigenvalue weighted by Crippen LogP contribution is -2.41. The Bertz CT molecular complexity index is 740. The second kappa shape index (κ2) is 8.66. The number of thiazole rings is 1. The molecule has 0 atom stereocenters. The Morgan fingerprint density at radius 1 is 1.31 bits per heavy atom. The van der Waals surface area contributed by atoms with E-state index in [9.17, 15) is 13.6 Å². The van der Waals surface area contributed by atoms with E-state index < -0.39 is 11.6 Å². The molecular weight excluding hydrogens is 360 g/mol. The van der Waals surface area contributed by atoms with Crippen LogP contribution >= 0.6 is 11.3 Å². The molecule has 1 saturated heterocycles. The highest BCUT2D eigenvalue weighted by Gasteiger charge is 2.26. The van der Waals surface area contributed by atoms with Crippen LogP contribution in [0.2, 0.25) is 0 Å². The van der Waals surface area contributed by atoms with E-state index in [-0.39, 0.29) is 28.3 Å². The molecule has 140 valence electrons. The van der Waals surface area contributed by atoms with Gasteiger partial charge in [-0.05, 0) is 37.9 Å². The van der Waals surface area contributed by atoms with Crippen molar-refractivity contribution in [2.45, 2.75) is 25.4 Å². The summed E-state index contributed by atoms with van der Waals surface area (Å²) in [6, 6.07) is 3.65. The van der Waals surface area contributed by atoms with E-state index in [0.717, 1.165) is 30.6 Å². The normalized spacial score (nSPS) is 15.4. The molecule has 8 heteroatoms. The fourth-order valence-corrected chi connectivity index (χ4v) is 3.75. The van der Waals surface area contributed by atoms with Crippen molar-refractivity contribution in [3.63, 3.8) is 0 Å². The fraction of sp³-hybridized carbons (Fsp3) is 0.444. The Kier molecular flexibility index (Phi) is 6.29. The molecule has 2 N–H and O–H groups in total. The summed E-state index contributed by atoms with van der Waals surface area (Å²) < 4.78 is 33.5. The van der Waals surface area contributed by atoms with Gasteiger partial charge in [-0.15, -0.1) is 11.3 Å². The molecule has 0 bridgehead atoms. The van der Waals surface area contributed by atoms with E-state index in [2.05, 4.69) is 4.98 Å². The lowest BCUT2D eigenvalue weighted by molar-refractivity contribution is 0.00831. The highest BCUT2D eigenvalue weighted by molar-refractivity contribution is 7.13. The molecule has 0 unspecified atom stereocenters. The lowest BCUT2D eigenvalue weighted by Gasteiger charge is -2.31. The Labute approximate surface area is 154 Å². The van der Waals surface area contributed by atoms with Crippen LogP contribution in [0.3, 0.4) is 0 Å². The molecule has 0 saturated carbocycles. The van der Waals surface area contributed by atoms with Crippen LogP contribution in [0.4, 0.5) is 8.78 Å². The summed E-state index contributed by atoms with van der Waals surface area (Å²) in [5, 5.41) is 1.72. The van der Waals surface area contributed by atoms with Crippen LogP contribution in [0, 0.1) is 11.6 Å². The summed E-state index contributed by atoms with van der Waals surface area (Å²) >= 11 is 1.06. The van der Waals surface area contributed by atoms with Gasteiger partial charge < -0.3 is 15.4 Å². The van der Waals surface area contributed by atoms with Crippen molar-refractivity contribution in [3.8, 4) is 10.6 Å². The summed E-state index contributed by atoms with van der Waals surface area (Å²) in [5.41, 5.74) is 5.47. The maximum Gasteiger partial charge on any atom is 0.273 e. The van der Waals surface area contributed by atoms with E-state index >= 15 is 0 Å². The maximum atomic E-state index is 13.9. The lowest BCUT2D eigenvalue weighted by atomic mass is 10.1. The number of nitrogens with two attached hydrogens (primary N) is 1. The number of halogens is 2. The minimum Gasteiger partial charge on any atom is -0.378 e. The average molecular weight is 381 g/mol. The van der Waals surface area contributed by atoms with Crippen molar-refractivity contribution >= 4 is 17.2 Å². The Hall–Kier alpha value is -1.90. The molecule has 1 aliphatic heterocycles. The van der Waals surface area contributed by atoms with Crippen LogP contribution in [0.1, 0.15) is 29.8 Å². The van der Waals surface area contributed by atoms with Crippen molar-refractivity contribution < 1.29 is 18.3 Å². The number of rotatable bonds is 6. The number of carbonyl (C=O) groups is 1. The third kappa shape index (κ3) is 4.25. The van der Waals surface area contributed by atoms with Gasteiger partial charge in [-0.25, -0.2) is 13.8 Å². The number of benzene rings is 1. The molecule has 3 rings (SSSR count). The highest BCUT2D eigenvalue weighted by atomic mass is 32.1. The molecule has 1 aromatic heterocycles. The minimum atomic E-state index is -0.686. The first kappa shape index (κ1) is 18.9. The molecule has 5 nitrogen and oxygen atoms in total. The van der Waals surface area contributed by atoms with Crippen molar-refractivity contribution in [2.75, 3.05) is 26.2 Å². The van der Waals surface area contributed by atoms with Gasteiger partial charge in [0, 0.05) is 25.1 Å². The van der Waals surface area contributed by atoms with Crippen molar-refractivity contribution in [1.82, 2.24) is 9.88 Å². The summed E-state index contributed by atoms with van der Waals surface area (Å²) in [4.78, 5) is 18.5. The quantitative estimate of drug-likeness (QED) is 0.781. The molecule has 0 spiro atoms. The number of amides is 1. The molecule has 26 heavy (non-hydrogen) atoms. The Morgan fingerprint density at radius 3 is 2.65 bits per heavy atom. The number of carbonyl (C=O) groups excluding carboxylic acids is 1. The van der Waals surface area contributed by atoms with E-state index in [1.807, 2.05) is 0 Å². The van der Waals surface area contributed by atoms with Crippen LogP contribution in [0.15, 0.2) is 23.6 Å². The van der Waals surface area contributed by atoms with Gasteiger partial charge in [0.15, 0.2) is 0 Å². The van der Waals surface area contributed by atoms with Crippen LogP contribution in [-0.2, 0) is 4.74 Å². The molecule has 1 amide bonds. The minimum absolute atomic E-state index is 0.143. The van der Waals surface area contributed by atoms with Gasteiger partial charge in [-0.1, -0.05) is 6.07 Å². The van der Waals surface area contributed by atoms with E-state index in [1.54, 1.807) is 10.3 Å². The van der Waals surface area contributed by atoms with Gasteiger partial charge >= 0.3 is 0 Å². The zero-order valence-electron chi connectivity index (χ0n) is 14.3. The number of piperidine rings is 1. The molecule has 2 aromatic rings. The Balaban J connectivity index is 1.63. The number of hydrogen-bond acceptors (Lipinski definition) is 5. The Morgan fingerprint density at radius 2 is 2.00 bits per heavy atom. The SMILES string of the molecule is NCCCOC1CCN(C(=O)c2csc(-c3c(F)cccc3F)n2)CC1. The fourth-order valence-electron chi connectivity index (χ4n) is 2.91. The third-order valence-corrected chi connectivity index (χ3v) is 5.19. The maximum absolute atomic E-state index is 13.9. The smallest absolute Gasteiger partial charge is 0.273 e. The standard InChI is InChI=1S/C18H21F2N3O2S/c19-13-3-1-4-14(20)16(13)17-22-15(11-26-17)18(24)23-8-5-12(6-9-23)25-10-2-7-21/h1,3-4,11-12H,2,5-10,21H2. The van der Waals surface area contributed by atoms with Gasteiger partial charge in [-0.2, -0.15) is 0 Å². The van der Waals surface area contributed by atoms with Gasteiger partial charge in [0.25, 0.3) is 5.91 Å². The zero-order valence-corrected chi connectivity index (χ0v) is 15.1. The topological polar surface area (TPSA) is 68.5 Å². The highest BCUT2D eigenvalue weighted by Crippen LogP contribution is 2.29. The second-order valence-electron chi connectivity index (χ2n) is 6.14. The first-order valence-electron chi connectivity index (χ1n) is 8.61. The molecule has 0 radical (unpaired) electrons. The summed E-state index contributed by atoms with van der Waals surface area (Å²) in [6.07, 6.45) is 2.49. The molecule has 0 aliphatic carbocycles. The van der Waals surface area contributed by atoms with Gasteiger partial charge in [-0.3, -0.25) is 4.79 Å². The van der Waals surface area contributed by atoms with Gasteiger partial charge in [0.1, 0.15) is 22.3 Å². The molecule has 1 fully saturated rings. The molecule has 2 heterocycles. The zero-order chi connectivity index (χ0) is 18.5. The average Bonchev–Trinajstić information content (AvgIpc) is 3.11. The second-order valence-corrected chi connectivity index (χ2v) is 7.00. The van der Waals surface area contributed by atoms with Gasteiger partial charge in [0.05, 0.1) is 11.7 Å². The first-order valence-corrected chi connectivity index (χ1v) is 9.49. The molecule has 1 aliphatic rings. The predicted octanol–water partition coefficient (Wildman–Crippen LogP) is 3.06. The van der Waals surface area contributed by atoms with Crippen LogP contribution in [0.25, 0.3) is 10.6 Å². The molecular formula is C18H21F2N3O2S. The van der Waals surface area contributed by atoms with E-state index in [0.29, 0.717) is 26.2 Å². The summed E-state index contributed by atoms with van der Waals surface area (Å²) in [6.45, 7) is 2.39. The van der Waals surface area contributed by atoms with Crippen LogP contribution < -0.4 is 5.73 Å². The van der Waals surface area contributed by atoms with E-state index in [1.165, 1.54) is 18.2 Å². The van der Waals surface area contributed by atoms with Crippen LogP contribution in [-0.4, -0.2) is 48.1 Å². The van der Waals surface area contributed by atoms with Crippen molar-refractivity contribution in [3.05, 3.63) is 40.9 Å². The van der Waals surface area contributed by atoms with E-state index in [4.69, 9.17) is 10.5 Å². The van der Waals surface area contributed by atoms with Crippen molar-refractivity contribution in [1.29, 1.82) is 0 Å². The predicted molar refractivity (Wildman–Crippen MR) is 96.0 cm³/mol. The monoisotopic (exact) mass is 381 g/mol. The number of likely N-dealkylation sites (tertiary alicyclic amines) is 1. The number of nitrogens with zero attached hydrogens (tertiary/aromatic N) is 2. The summed E-state index contributed by atoms with van der Waals surface area (Å²) in [5.74, 6) is -1.59. The van der Waals surface area contributed by atoms with Crippen molar-refractivity contribution in [2.24, 2.45) is 5.73 Å². The van der Waals surface area contributed by atoms with Gasteiger partial charge in [0.2, 0.25) is 0 Å². The first-order chi connectivity index (χ1) is 12.6. The number of hydrogen-bond donors (Lipinski definition) is 1. The summed E-state index contributed by atoms with van der Waals surface area (Å²) in [7, 11) is 0.